The molecule has 29 heavy (non-hydrogen) atoms. The molecule has 1 atom stereocenters. The van der Waals surface area contributed by atoms with Crippen LogP contribution in [0.1, 0.15) is 41.6 Å². The molecule has 0 bridgehead atoms. The predicted octanol–water partition coefficient (Wildman–Crippen LogP) is 4.34. The van der Waals surface area contributed by atoms with Gasteiger partial charge in [-0.2, -0.15) is 0 Å². The summed E-state index contributed by atoms with van der Waals surface area (Å²) in [4.78, 5) is 27.5. The predicted molar refractivity (Wildman–Crippen MR) is 116 cm³/mol. The van der Waals surface area contributed by atoms with E-state index >= 15 is 0 Å². The molecule has 1 fully saturated rings. The Balaban J connectivity index is 1.40. The molecule has 1 saturated heterocycles. The summed E-state index contributed by atoms with van der Waals surface area (Å²) >= 11 is 1.57. The van der Waals surface area contributed by atoms with Gasteiger partial charge in [0.25, 0.3) is 5.91 Å². The van der Waals surface area contributed by atoms with E-state index in [1.807, 2.05) is 23.1 Å². The van der Waals surface area contributed by atoms with Crippen LogP contribution in [-0.4, -0.2) is 41.7 Å². The second-order valence-corrected chi connectivity index (χ2v) is 8.51. The third kappa shape index (κ3) is 4.93. The number of nitrogens with one attached hydrogen (secondary N) is 1. The molecule has 0 aliphatic carbocycles. The van der Waals surface area contributed by atoms with Gasteiger partial charge in [-0.05, 0) is 43.0 Å². The van der Waals surface area contributed by atoms with E-state index in [1.54, 1.807) is 30.0 Å². The number of ether oxygens (including phenoxy) is 1. The number of piperidine rings is 1. The molecule has 1 unspecified atom stereocenters. The fraction of sp³-hybridized carbons (Fsp3) is 0.391. The molecule has 2 heterocycles. The summed E-state index contributed by atoms with van der Waals surface area (Å²) < 4.78 is 5.86. The molecule has 4 rings (SSSR count). The van der Waals surface area contributed by atoms with Crippen LogP contribution in [0, 0.1) is 0 Å². The Morgan fingerprint density at radius 3 is 2.86 bits per heavy atom. The average Bonchev–Trinajstić information content (AvgIpc) is 2.74. The molecule has 2 aromatic carbocycles. The van der Waals surface area contributed by atoms with Gasteiger partial charge in [0, 0.05) is 30.4 Å². The SMILES string of the molecule is O=C(CSCc1ccccc1)Nc1ccc2c(c1)C(=O)N1CCCCC1CCO2. The zero-order chi connectivity index (χ0) is 20.1. The van der Waals surface area contributed by atoms with Crippen molar-refractivity contribution < 1.29 is 14.3 Å². The monoisotopic (exact) mass is 410 g/mol. The first-order valence-corrected chi connectivity index (χ1v) is 11.4. The molecular formula is C23H26N2O3S. The second-order valence-electron chi connectivity index (χ2n) is 7.52. The fourth-order valence-electron chi connectivity index (χ4n) is 3.96. The highest BCUT2D eigenvalue weighted by Crippen LogP contribution is 2.31. The highest BCUT2D eigenvalue weighted by molar-refractivity contribution is 7.99. The topological polar surface area (TPSA) is 58.6 Å². The van der Waals surface area contributed by atoms with Crippen LogP contribution in [-0.2, 0) is 10.5 Å². The van der Waals surface area contributed by atoms with Crippen molar-refractivity contribution in [2.24, 2.45) is 0 Å². The third-order valence-electron chi connectivity index (χ3n) is 5.44. The second kappa shape index (κ2) is 9.35. The Kier molecular flexibility index (Phi) is 6.39. The minimum atomic E-state index is -0.0686. The summed E-state index contributed by atoms with van der Waals surface area (Å²) in [5.74, 6) is 1.71. The Morgan fingerprint density at radius 1 is 1.14 bits per heavy atom. The van der Waals surface area contributed by atoms with Crippen molar-refractivity contribution in [3.63, 3.8) is 0 Å². The van der Waals surface area contributed by atoms with E-state index in [4.69, 9.17) is 4.74 Å². The summed E-state index contributed by atoms with van der Waals surface area (Å²) in [7, 11) is 0. The van der Waals surface area contributed by atoms with Crippen LogP contribution in [0.5, 0.6) is 5.75 Å². The van der Waals surface area contributed by atoms with Gasteiger partial charge in [0.2, 0.25) is 5.91 Å². The van der Waals surface area contributed by atoms with Crippen LogP contribution in [0.3, 0.4) is 0 Å². The molecule has 5 nitrogen and oxygen atoms in total. The summed E-state index contributed by atoms with van der Waals surface area (Å²) in [6.07, 6.45) is 4.13. The molecule has 0 saturated carbocycles. The molecule has 6 heteroatoms. The Labute approximate surface area is 175 Å². The van der Waals surface area contributed by atoms with Crippen molar-refractivity contribution in [3.8, 4) is 5.75 Å². The van der Waals surface area contributed by atoms with Gasteiger partial charge in [-0.25, -0.2) is 0 Å². The van der Waals surface area contributed by atoms with Crippen molar-refractivity contribution in [2.75, 3.05) is 24.2 Å². The fourth-order valence-corrected chi connectivity index (χ4v) is 4.75. The van der Waals surface area contributed by atoms with Gasteiger partial charge in [-0.1, -0.05) is 30.3 Å². The normalized spacial score (nSPS) is 18.7. The maximum absolute atomic E-state index is 13.1. The van der Waals surface area contributed by atoms with E-state index in [2.05, 4.69) is 17.4 Å². The van der Waals surface area contributed by atoms with Gasteiger partial charge in [0.15, 0.2) is 0 Å². The molecule has 0 spiro atoms. The van der Waals surface area contributed by atoms with Crippen LogP contribution < -0.4 is 10.1 Å². The van der Waals surface area contributed by atoms with Crippen LogP contribution in [0.25, 0.3) is 0 Å². The largest absolute Gasteiger partial charge is 0.493 e. The van der Waals surface area contributed by atoms with E-state index in [1.165, 1.54) is 5.56 Å². The van der Waals surface area contributed by atoms with Crippen LogP contribution in [0.4, 0.5) is 5.69 Å². The standard InChI is InChI=1S/C23H26N2O3S/c26-22(16-29-15-17-6-2-1-3-7-17)24-18-9-10-21-20(14-18)23(27)25-12-5-4-8-19(25)11-13-28-21/h1-3,6-7,9-10,14,19H,4-5,8,11-13,15-16H2,(H,24,26). The maximum atomic E-state index is 13.1. The molecule has 152 valence electrons. The van der Waals surface area contributed by atoms with Gasteiger partial charge in [-0.15, -0.1) is 11.8 Å². The van der Waals surface area contributed by atoms with E-state index in [-0.39, 0.29) is 17.9 Å². The minimum absolute atomic E-state index is 0.0129. The molecule has 2 aliphatic rings. The number of hydrogen-bond donors (Lipinski definition) is 1. The van der Waals surface area contributed by atoms with E-state index in [9.17, 15) is 9.59 Å². The summed E-state index contributed by atoms with van der Waals surface area (Å²) in [5.41, 5.74) is 2.39. The number of carbonyl (C=O) groups excluding carboxylic acids is 2. The van der Waals surface area contributed by atoms with Crippen molar-refractivity contribution in [3.05, 3.63) is 59.7 Å². The Morgan fingerprint density at radius 2 is 2.00 bits per heavy atom. The number of anilines is 1. The molecule has 2 amide bonds. The lowest BCUT2D eigenvalue weighted by Crippen LogP contribution is -2.45. The van der Waals surface area contributed by atoms with Crippen LogP contribution in [0.2, 0.25) is 0 Å². The zero-order valence-electron chi connectivity index (χ0n) is 16.4. The lowest BCUT2D eigenvalue weighted by molar-refractivity contribution is -0.113. The smallest absolute Gasteiger partial charge is 0.257 e. The highest BCUT2D eigenvalue weighted by atomic mass is 32.2. The number of carbonyl (C=O) groups is 2. The number of amides is 2. The minimum Gasteiger partial charge on any atom is -0.493 e. The number of benzene rings is 2. The third-order valence-corrected chi connectivity index (χ3v) is 6.44. The first-order valence-electron chi connectivity index (χ1n) is 10.2. The Bertz CT molecular complexity index is 872. The van der Waals surface area contributed by atoms with Gasteiger partial charge in [-0.3, -0.25) is 9.59 Å². The zero-order valence-corrected chi connectivity index (χ0v) is 17.2. The first kappa shape index (κ1) is 19.8. The lowest BCUT2D eigenvalue weighted by atomic mass is 9.97. The van der Waals surface area contributed by atoms with Gasteiger partial charge >= 0.3 is 0 Å². The number of fused-ring (bicyclic) bond motifs is 2. The van der Waals surface area contributed by atoms with Crippen LogP contribution >= 0.6 is 11.8 Å². The van der Waals surface area contributed by atoms with Gasteiger partial charge < -0.3 is 15.0 Å². The van der Waals surface area contributed by atoms with E-state index in [0.717, 1.165) is 38.0 Å². The summed E-state index contributed by atoms with van der Waals surface area (Å²) in [5, 5.41) is 2.92. The quantitative estimate of drug-likeness (QED) is 0.797. The average molecular weight is 411 g/mol. The molecular weight excluding hydrogens is 384 g/mol. The van der Waals surface area contributed by atoms with Crippen LogP contribution in [0.15, 0.2) is 48.5 Å². The van der Waals surface area contributed by atoms with Crippen molar-refractivity contribution in [1.29, 1.82) is 0 Å². The highest BCUT2D eigenvalue weighted by Gasteiger charge is 2.31. The molecule has 2 aliphatic heterocycles. The molecule has 2 aromatic rings. The maximum Gasteiger partial charge on any atom is 0.257 e. The lowest BCUT2D eigenvalue weighted by Gasteiger charge is -2.37. The van der Waals surface area contributed by atoms with Gasteiger partial charge in [0.1, 0.15) is 5.75 Å². The summed E-state index contributed by atoms with van der Waals surface area (Å²) in [6, 6.07) is 15.7. The van der Waals surface area contributed by atoms with Gasteiger partial charge in [0.05, 0.1) is 17.9 Å². The molecule has 1 N–H and O–H groups in total. The number of nitrogens with zero attached hydrogens (tertiary/aromatic N) is 1. The summed E-state index contributed by atoms with van der Waals surface area (Å²) in [6.45, 7) is 1.42. The van der Waals surface area contributed by atoms with Crippen molar-refractivity contribution >= 4 is 29.3 Å². The van der Waals surface area contributed by atoms with Crippen molar-refractivity contribution in [2.45, 2.75) is 37.5 Å². The Hall–Kier alpha value is -2.47. The van der Waals surface area contributed by atoms with E-state index in [0.29, 0.717) is 29.4 Å². The van der Waals surface area contributed by atoms with E-state index < -0.39 is 0 Å². The number of thioether (sulfide) groups is 1. The molecule has 0 radical (unpaired) electrons. The number of hydrogen-bond acceptors (Lipinski definition) is 4. The number of rotatable bonds is 5. The molecule has 0 aromatic heterocycles. The van der Waals surface area contributed by atoms with Crippen molar-refractivity contribution in [1.82, 2.24) is 4.90 Å². The first-order chi connectivity index (χ1) is 14.2.